The molecule has 1 saturated heterocycles. The standard InChI is InChI=1S/C35H39F2N5O7S2/c1-33(2,3)49-32(48)39-25-7-11-34(36,37)10-5-4-6-22-15-35(22,31(46)47)40-28(43)26-14-23(17-41(26)29(25)44)42-30(45)27(21-9-13-51-19-21)24(16-38-42)20-8-12-50-18-20/h4,6,8-9,12-13,16,18-19,22-23,25-26H,5,7,10-11,14-15,17H2,1-3H3,(H,39,48)(H,40,43)(H,46,47)/b6-4-/t22?,23-,25+,26+,35?/m1/s1. The topological polar surface area (TPSA) is 160 Å². The number of hydrogen-bond donors (Lipinski definition) is 3. The van der Waals surface area contributed by atoms with E-state index in [2.05, 4.69) is 15.7 Å². The predicted molar refractivity (Wildman–Crippen MR) is 187 cm³/mol. The van der Waals surface area contributed by atoms with E-state index in [-0.39, 0.29) is 25.8 Å². The molecule has 5 atom stereocenters. The number of alkyl carbamates (subject to hydrolysis) is 1. The summed E-state index contributed by atoms with van der Waals surface area (Å²) in [5.41, 5.74) is -0.645. The van der Waals surface area contributed by atoms with E-state index in [0.717, 1.165) is 10.5 Å². The Kier molecular flexibility index (Phi) is 9.94. The number of fused-ring (bicyclic) bond motifs is 2. The number of halogens is 2. The highest BCUT2D eigenvalue weighted by molar-refractivity contribution is 7.08. The molecule has 1 saturated carbocycles. The van der Waals surface area contributed by atoms with Crippen molar-refractivity contribution in [2.75, 3.05) is 6.54 Å². The third kappa shape index (κ3) is 7.76. The zero-order chi connectivity index (χ0) is 36.7. The van der Waals surface area contributed by atoms with Crippen LogP contribution in [-0.2, 0) is 19.1 Å². The second kappa shape index (κ2) is 13.9. The van der Waals surface area contributed by atoms with Crippen LogP contribution in [0.2, 0.25) is 0 Å². The first-order valence-corrected chi connectivity index (χ1v) is 18.5. The number of hydrogen-bond acceptors (Lipinski definition) is 9. The number of alkyl halides is 2. The minimum Gasteiger partial charge on any atom is -0.479 e. The minimum atomic E-state index is -3.22. The molecule has 3 amide bonds. The fourth-order valence-electron chi connectivity index (χ4n) is 6.74. The smallest absolute Gasteiger partial charge is 0.408 e. The molecule has 1 aliphatic carbocycles. The summed E-state index contributed by atoms with van der Waals surface area (Å²) in [4.78, 5) is 69.1. The highest BCUT2D eigenvalue weighted by atomic mass is 32.1. The van der Waals surface area contributed by atoms with Gasteiger partial charge in [-0.15, -0.1) is 0 Å². The lowest BCUT2D eigenvalue weighted by molar-refractivity contribution is -0.145. The lowest BCUT2D eigenvalue weighted by Crippen LogP contribution is -2.56. The van der Waals surface area contributed by atoms with Gasteiger partial charge in [0.2, 0.25) is 17.7 Å². The Balaban J connectivity index is 1.40. The fraction of sp³-hybridized carbons (Fsp3) is 0.486. The highest BCUT2D eigenvalue weighted by Gasteiger charge is 2.61. The summed E-state index contributed by atoms with van der Waals surface area (Å²) in [5.74, 6) is -6.76. The van der Waals surface area contributed by atoms with E-state index in [9.17, 15) is 29.1 Å². The fourth-order valence-corrected chi connectivity index (χ4v) is 8.04. The average Bonchev–Trinajstić information content (AvgIpc) is 3.57. The molecule has 0 radical (unpaired) electrons. The number of carbonyl (C=O) groups is 4. The number of aromatic nitrogens is 2. The van der Waals surface area contributed by atoms with Crippen LogP contribution in [0.3, 0.4) is 0 Å². The summed E-state index contributed by atoms with van der Waals surface area (Å²) in [5, 5.41) is 27.1. The number of allylic oxidation sites excluding steroid dienone is 1. The van der Waals surface area contributed by atoms with Crippen molar-refractivity contribution in [3.8, 4) is 22.3 Å². The molecule has 3 aliphatic rings. The number of carbonyl (C=O) groups excluding carboxylic acids is 3. The van der Waals surface area contributed by atoms with Gasteiger partial charge in [0.25, 0.3) is 5.56 Å². The molecule has 6 rings (SSSR count). The third-order valence-electron chi connectivity index (χ3n) is 9.43. The van der Waals surface area contributed by atoms with E-state index in [1.807, 2.05) is 33.7 Å². The van der Waals surface area contributed by atoms with Gasteiger partial charge in [0, 0.05) is 37.3 Å². The number of rotatable bonds is 5. The number of ether oxygens (including phenoxy) is 1. The molecule has 51 heavy (non-hydrogen) atoms. The van der Waals surface area contributed by atoms with Crippen molar-refractivity contribution in [3.63, 3.8) is 0 Å². The van der Waals surface area contributed by atoms with Crippen molar-refractivity contribution in [1.29, 1.82) is 0 Å². The van der Waals surface area contributed by atoms with Crippen LogP contribution >= 0.6 is 22.7 Å². The van der Waals surface area contributed by atoms with Crippen molar-refractivity contribution in [2.24, 2.45) is 5.92 Å². The normalized spacial score (nSPS) is 27.3. The van der Waals surface area contributed by atoms with Gasteiger partial charge in [-0.05, 0) is 84.8 Å². The molecule has 2 fully saturated rings. The van der Waals surface area contributed by atoms with Crippen LogP contribution in [0.1, 0.15) is 65.3 Å². The molecule has 12 nitrogen and oxygen atoms in total. The van der Waals surface area contributed by atoms with Crippen LogP contribution in [-0.4, -0.2) is 79.4 Å². The Morgan fingerprint density at radius 2 is 1.80 bits per heavy atom. The monoisotopic (exact) mass is 743 g/mol. The number of carboxylic acids is 1. The van der Waals surface area contributed by atoms with Crippen molar-refractivity contribution >= 4 is 46.6 Å². The molecule has 0 bridgehead atoms. The second-order valence-corrected chi connectivity index (χ2v) is 15.8. The maximum absolute atomic E-state index is 15.1. The Morgan fingerprint density at radius 1 is 1.10 bits per heavy atom. The molecule has 0 aromatic carbocycles. The van der Waals surface area contributed by atoms with Gasteiger partial charge >= 0.3 is 12.1 Å². The molecule has 272 valence electrons. The number of amides is 3. The van der Waals surface area contributed by atoms with E-state index < -0.39 is 89.8 Å². The van der Waals surface area contributed by atoms with Crippen molar-refractivity contribution < 1.29 is 37.8 Å². The zero-order valence-electron chi connectivity index (χ0n) is 28.3. The quantitative estimate of drug-likeness (QED) is 0.291. The molecule has 3 aromatic heterocycles. The number of carboxylic acid groups (broad SMARTS) is 1. The Bertz CT molecular complexity index is 1890. The molecule has 2 aliphatic heterocycles. The van der Waals surface area contributed by atoms with Gasteiger partial charge in [-0.2, -0.15) is 27.8 Å². The summed E-state index contributed by atoms with van der Waals surface area (Å²) < 4.78 is 36.8. The van der Waals surface area contributed by atoms with E-state index in [0.29, 0.717) is 16.7 Å². The van der Waals surface area contributed by atoms with Gasteiger partial charge in [-0.25, -0.2) is 23.1 Å². The molecule has 2 unspecified atom stereocenters. The van der Waals surface area contributed by atoms with Gasteiger partial charge in [0.15, 0.2) is 0 Å². The summed E-state index contributed by atoms with van der Waals surface area (Å²) in [6, 6.07) is -0.00573. The van der Waals surface area contributed by atoms with Gasteiger partial charge < -0.3 is 25.4 Å². The molecule has 16 heteroatoms. The first-order chi connectivity index (χ1) is 24.1. The summed E-state index contributed by atoms with van der Waals surface area (Å²) in [7, 11) is 0. The van der Waals surface area contributed by atoms with E-state index in [1.165, 1.54) is 39.5 Å². The Morgan fingerprint density at radius 3 is 2.45 bits per heavy atom. The Labute approximate surface area is 300 Å². The zero-order valence-corrected chi connectivity index (χ0v) is 29.9. The van der Waals surface area contributed by atoms with Crippen LogP contribution in [0.25, 0.3) is 22.3 Å². The van der Waals surface area contributed by atoms with Crippen LogP contribution < -0.4 is 16.2 Å². The molecule has 0 spiro atoms. The largest absolute Gasteiger partial charge is 0.479 e. The number of nitrogens with zero attached hydrogens (tertiary/aromatic N) is 3. The third-order valence-corrected chi connectivity index (χ3v) is 10.8. The van der Waals surface area contributed by atoms with E-state index >= 15 is 8.78 Å². The van der Waals surface area contributed by atoms with Crippen molar-refractivity contribution in [3.05, 3.63) is 62.4 Å². The van der Waals surface area contributed by atoms with E-state index in [4.69, 9.17) is 4.74 Å². The van der Waals surface area contributed by atoms with Gasteiger partial charge in [0.1, 0.15) is 23.2 Å². The number of aliphatic carboxylic acids is 1. The molecule has 3 aromatic rings. The lowest BCUT2D eigenvalue weighted by Gasteiger charge is -2.30. The van der Waals surface area contributed by atoms with E-state index in [1.54, 1.807) is 27.0 Å². The van der Waals surface area contributed by atoms with Crippen molar-refractivity contribution in [2.45, 2.75) is 94.5 Å². The molecular weight excluding hydrogens is 705 g/mol. The molecule has 3 N–H and O–H groups in total. The molecular formula is C35H39F2N5O7S2. The van der Waals surface area contributed by atoms with Crippen LogP contribution in [0.5, 0.6) is 0 Å². The summed E-state index contributed by atoms with van der Waals surface area (Å²) in [6.07, 6.45) is 1.65. The predicted octanol–water partition coefficient (Wildman–Crippen LogP) is 5.46. The van der Waals surface area contributed by atoms with Gasteiger partial charge in [-0.1, -0.05) is 12.2 Å². The lowest BCUT2D eigenvalue weighted by atomic mass is 10.0. The minimum absolute atomic E-state index is 0.0446. The number of thiophene rings is 2. The van der Waals surface area contributed by atoms with Crippen molar-refractivity contribution in [1.82, 2.24) is 25.3 Å². The molecule has 5 heterocycles. The summed E-state index contributed by atoms with van der Waals surface area (Å²) >= 11 is 2.87. The highest BCUT2D eigenvalue weighted by Crippen LogP contribution is 2.46. The number of nitrogens with one attached hydrogen (secondary N) is 2. The van der Waals surface area contributed by atoms with Crippen LogP contribution in [0, 0.1) is 5.92 Å². The van der Waals surface area contributed by atoms with Crippen LogP contribution in [0.15, 0.2) is 56.8 Å². The first-order valence-electron chi connectivity index (χ1n) is 16.7. The average molecular weight is 744 g/mol. The SMILES string of the molecule is CC(C)(C)OC(=O)N[C@H]1CCC(F)(F)CC/C=C\C2CC2(C(=O)O)NC(=O)[C@@H]2C[C@@H](n3ncc(-c4ccsc4)c(-c4ccsc4)c3=O)CN2C1=O. The summed E-state index contributed by atoms with van der Waals surface area (Å²) in [6.45, 7) is 4.59. The Hall–Kier alpha value is -4.44. The van der Waals surface area contributed by atoms with Crippen LogP contribution in [0.4, 0.5) is 13.6 Å². The van der Waals surface area contributed by atoms with Gasteiger partial charge in [-0.3, -0.25) is 14.4 Å². The first kappa shape index (κ1) is 36.4. The second-order valence-electron chi connectivity index (χ2n) is 14.2. The van der Waals surface area contributed by atoms with Gasteiger partial charge in [0.05, 0.1) is 17.8 Å². The maximum Gasteiger partial charge on any atom is 0.408 e. The maximum atomic E-state index is 15.1.